The highest BCUT2D eigenvalue weighted by Crippen LogP contribution is 2.22. The Kier molecular flexibility index (Phi) is 5.51. The van der Waals surface area contributed by atoms with Gasteiger partial charge >= 0.3 is 5.97 Å². The Bertz CT molecular complexity index is 768. The first-order valence-electron chi connectivity index (χ1n) is 6.99. The summed E-state index contributed by atoms with van der Waals surface area (Å²) in [5.41, 5.74) is 0.272. The van der Waals surface area contributed by atoms with E-state index in [0.29, 0.717) is 17.8 Å². The Morgan fingerprint density at radius 1 is 1.12 bits per heavy atom. The van der Waals surface area contributed by atoms with Gasteiger partial charge in [0.1, 0.15) is 0 Å². The number of benzene rings is 2. The van der Waals surface area contributed by atoms with Crippen LogP contribution in [0.25, 0.3) is 0 Å². The molecule has 24 heavy (non-hydrogen) atoms. The van der Waals surface area contributed by atoms with Crippen LogP contribution in [-0.2, 0) is 9.53 Å². The second-order valence-electron chi connectivity index (χ2n) is 5.03. The fourth-order valence-corrected chi connectivity index (χ4v) is 2.23. The Hall–Kier alpha value is -2.47. The Morgan fingerprint density at radius 3 is 2.33 bits per heavy atom. The molecule has 0 radical (unpaired) electrons. The van der Waals surface area contributed by atoms with Crippen LogP contribution in [0.4, 0.5) is 14.5 Å². The Balaban J connectivity index is 2.11. The van der Waals surface area contributed by atoms with E-state index in [1.807, 2.05) is 0 Å². The molecule has 4 nitrogen and oxygen atoms in total. The molecule has 0 aromatic heterocycles. The van der Waals surface area contributed by atoms with Crippen LogP contribution >= 0.6 is 11.6 Å². The molecule has 0 unspecified atom stereocenters. The number of hydrogen-bond acceptors (Lipinski definition) is 3. The normalized spacial score (nSPS) is 11.7. The average molecular weight is 354 g/mol. The van der Waals surface area contributed by atoms with Gasteiger partial charge in [0.25, 0.3) is 5.91 Å². The van der Waals surface area contributed by atoms with E-state index in [1.165, 1.54) is 18.9 Å². The van der Waals surface area contributed by atoms with Gasteiger partial charge in [-0.3, -0.25) is 4.79 Å². The number of hydrogen-bond donors (Lipinski definition) is 0. The standard InChI is InChI=1S/C17H14ClF2NO3/c1-10(16(22)21(2)11-6-4-3-5-7-11)24-17(23)12-8-14(19)15(20)9-13(12)18/h3-10H,1-2H3/t10-/m1/s1. The highest BCUT2D eigenvalue weighted by atomic mass is 35.5. The average Bonchev–Trinajstić information content (AvgIpc) is 2.57. The number of nitrogens with zero attached hydrogens (tertiary/aromatic N) is 1. The molecule has 0 aliphatic carbocycles. The summed E-state index contributed by atoms with van der Waals surface area (Å²) >= 11 is 5.71. The van der Waals surface area contributed by atoms with E-state index in [2.05, 4.69) is 0 Å². The van der Waals surface area contributed by atoms with Crippen LogP contribution in [0.5, 0.6) is 0 Å². The third kappa shape index (κ3) is 3.89. The molecule has 0 fully saturated rings. The molecule has 126 valence electrons. The summed E-state index contributed by atoms with van der Waals surface area (Å²) in [4.78, 5) is 25.7. The molecule has 0 saturated carbocycles. The number of anilines is 1. The summed E-state index contributed by atoms with van der Waals surface area (Å²) in [6.45, 7) is 1.38. The van der Waals surface area contributed by atoms with Gasteiger partial charge in [-0.05, 0) is 31.2 Å². The number of para-hydroxylation sites is 1. The lowest BCUT2D eigenvalue weighted by molar-refractivity contribution is -0.126. The third-order valence-corrected chi connectivity index (χ3v) is 3.65. The number of amides is 1. The van der Waals surface area contributed by atoms with Crippen molar-refractivity contribution in [3.63, 3.8) is 0 Å². The van der Waals surface area contributed by atoms with Crippen LogP contribution in [0.2, 0.25) is 5.02 Å². The molecule has 1 amide bonds. The minimum Gasteiger partial charge on any atom is -0.449 e. The molecule has 0 saturated heterocycles. The van der Waals surface area contributed by atoms with E-state index in [1.54, 1.807) is 30.3 Å². The molecule has 0 aliphatic rings. The van der Waals surface area contributed by atoms with Crippen molar-refractivity contribution in [1.82, 2.24) is 0 Å². The van der Waals surface area contributed by atoms with Crippen molar-refractivity contribution in [3.05, 3.63) is 64.7 Å². The van der Waals surface area contributed by atoms with Crippen molar-refractivity contribution in [2.45, 2.75) is 13.0 Å². The number of carbonyl (C=O) groups is 2. The van der Waals surface area contributed by atoms with Gasteiger partial charge in [0.15, 0.2) is 17.7 Å². The van der Waals surface area contributed by atoms with Crippen LogP contribution in [0.1, 0.15) is 17.3 Å². The minimum absolute atomic E-state index is 0.296. The first kappa shape index (κ1) is 17.9. The van der Waals surface area contributed by atoms with Crippen LogP contribution in [0.3, 0.4) is 0 Å². The first-order chi connectivity index (χ1) is 11.3. The second-order valence-corrected chi connectivity index (χ2v) is 5.43. The van der Waals surface area contributed by atoms with Gasteiger partial charge in [-0.1, -0.05) is 29.8 Å². The smallest absolute Gasteiger partial charge is 0.340 e. The maximum absolute atomic E-state index is 13.2. The molecule has 2 aromatic carbocycles. The largest absolute Gasteiger partial charge is 0.449 e. The number of ether oxygens (including phenoxy) is 1. The van der Waals surface area contributed by atoms with Gasteiger partial charge in [0, 0.05) is 12.7 Å². The predicted octanol–water partition coefficient (Wildman–Crippen LogP) is 3.83. The summed E-state index contributed by atoms with van der Waals surface area (Å²) in [7, 11) is 1.53. The molecule has 0 bridgehead atoms. The van der Waals surface area contributed by atoms with E-state index in [-0.39, 0.29) is 10.6 Å². The predicted molar refractivity (Wildman–Crippen MR) is 86.1 cm³/mol. The molecule has 2 rings (SSSR count). The lowest BCUT2D eigenvalue weighted by atomic mass is 10.2. The highest BCUT2D eigenvalue weighted by molar-refractivity contribution is 6.33. The van der Waals surface area contributed by atoms with Gasteiger partial charge in [-0.25, -0.2) is 13.6 Å². The number of likely N-dealkylation sites (N-methyl/N-ethyl adjacent to an activating group) is 1. The Labute approximate surface area is 142 Å². The minimum atomic E-state index is -1.23. The van der Waals surface area contributed by atoms with Crippen LogP contribution < -0.4 is 4.90 Å². The van der Waals surface area contributed by atoms with Gasteiger partial charge in [-0.2, -0.15) is 0 Å². The molecule has 0 heterocycles. The molecule has 7 heteroatoms. The van der Waals surface area contributed by atoms with E-state index in [0.717, 1.165) is 0 Å². The second kappa shape index (κ2) is 7.40. The zero-order valence-electron chi connectivity index (χ0n) is 12.9. The van der Waals surface area contributed by atoms with Crippen molar-refractivity contribution < 1.29 is 23.1 Å². The number of halogens is 3. The van der Waals surface area contributed by atoms with Crippen molar-refractivity contribution in [1.29, 1.82) is 0 Å². The van der Waals surface area contributed by atoms with E-state index < -0.39 is 29.6 Å². The van der Waals surface area contributed by atoms with E-state index >= 15 is 0 Å². The zero-order chi connectivity index (χ0) is 17.9. The molecular weight excluding hydrogens is 340 g/mol. The maximum Gasteiger partial charge on any atom is 0.340 e. The highest BCUT2D eigenvalue weighted by Gasteiger charge is 2.25. The topological polar surface area (TPSA) is 46.6 Å². The van der Waals surface area contributed by atoms with Gasteiger partial charge in [-0.15, -0.1) is 0 Å². The molecule has 0 N–H and O–H groups in total. The summed E-state index contributed by atoms with van der Waals surface area (Å²) in [5.74, 6) is -3.90. The van der Waals surface area contributed by atoms with Crippen LogP contribution in [0.15, 0.2) is 42.5 Å². The number of esters is 1. The fourth-order valence-electron chi connectivity index (χ4n) is 2.00. The summed E-state index contributed by atoms with van der Waals surface area (Å²) in [6, 6.07) is 10.1. The molecule has 2 aromatic rings. The molecule has 0 aliphatic heterocycles. The van der Waals surface area contributed by atoms with Crippen molar-refractivity contribution in [3.8, 4) is 0 Å². The number of rotatable bonds is 4. The summed E-state index contributed by atoms with van der Waals surface area (Å²) in [5, 5.41) is -0.296. The van der Waals surface area contributed by atoms with Crippen molar-refractivity contribution >= 4 is 29.2 Å². The fraction of sp³-hybridized carbons (Fsp3) is 0.176. The summed E-state index contributed by atoms with van der Waals surface area (Å²) in [6.07, 6.45) is -1.13. The lowest BCUT2D eigenvalue weighted by Gasteiger charge is -2.21. The summed E-state index contributed by atoms with van der Waals surface area (Å²) < 4.78 is 31.3. The molecular formula is C17H14ClF2NO3. The lowest BCUT2D eigenvalue weighted by Crippen LogP contribution is -2.37. The van der Waals surface area contributed by atoms with Gasteiger partial charge < -0.3 is 9.64 Å². The van der Waals surface area contributed by atoms with E-state index in [9.17, 15) is 18.4 Å². The SMILES string of the molecule is C[C@@H](OC(=O)c1cc(F)c(F)cc1Cl)C(=O)N(C)c1ccccc1. The van der Waals surface area contributed by atoms with Gasteiger partial charge in [0.2, 0.25) is 0 Å². The van der Waals surface area contributed by atoms with Gasteiger partial charge in [0.05, 0.1) is 10.6 Å². The van der Waals surface area contributed by atoms with Crippen LogP contribution in [0, 0.1) is 11.6 Å². The molecule has 0 spiro atoms. The molecule has 1 atom stereocenters. The van der Waals surface area contributed by atoms with E-state index in [4.69, 9.17) is 16.3 Å². The van der Waals surface area contributed by atoms with Crippen molar-refractivity contribution in [2.75, 3.05) is 11.9 Å². The van der Waals surface area contributed by atoms with Crippen molar-refractivity contribution in [2.24, 2.45) is 0 Å². The first-order valence-corrected chi connectivity index (χ1v) is 7.37. The third-order valence-electron chi connectivity index (χ3n) is 3.34. The monoisotopic (exact) mass is 353 g/mol. The Morgan fingerprint density at radius 2 is 1.71 bits per heavy atom. The quantitative estimate of drug-likeness (QED) is 0.620. The zero-order valence-corrected chi connectivity index (χ0v) is 13.7. The number of carbonyl (C=O) groups excluding carboxylic acids is 2. The van der Waals surface area contributed by atoms with Crippen LogP contribution in [-0.4, -0.2) is 25.0 Å². The maximum atomic E-state index is 13.2.